The van der Waals surface area contributed by atoms with Gasteiger partial charge in [0.2, 0.25) is 11.9 Å². The van der Waals surface area contributed by atoms with Gasteiger partial charge in [0.05, 0.1) is 26.3 Å². The van der Waals surface area contributed by atoms with Gasteiger partial charge in [-0.05, 0) is 41.8 Å². The number of aromatic nitrogens is 3. The van der Waals surface area contributed by atoms with Crippen molar-refractivity contribution in [1.29, 1.82) is 0 Å². The summed E-state index contributed by atoms with van der Waals surface area (Å²) < 4.78 is 12.6. The Kier molecular flexibility index (Phi) is 4.95. The summed E-state index contributed by atoms with van der Waals surface area (Å²) in [7, 11) is 3.22. The Morgan fingerprint density at radius 2 is 1.89 bits per heavy atom. The molecule has 0 saturated carbocycles. The van der Waals surface area contributed by atoms with E-state index in [-0.39, 0.29) is 18.0 Å². The molecule has 2 heterocycles. The Morgan fingerprint density at radius 1 is 1.11 bits per heavy atom. The van der Waals surface area contributed by atoms with Gasteiger partial charge >= 0.3 is 0 Å². The van der Waals surface area contributed by atoms with Crippen molar-refractivity contribution >= 4 is 35.1 Å². The number of hydrogen-bond acceptors (Lipinski definition) is 6. The Hall–Kier alpha value is -2.64. The van der Waals surface area contributed by atoms with Gasteiger partial charge in [-0.1, -0.05) is 35.3 Å². The van der Waals surface area contributed by atoms with Gasteiger partial charge in [-0.15, -0.1) is 5.10 Å². The predicted molar refractivity (Wildman–Crippen MR) is 110 cm³/mol. The van der Waals surface area contributed by atoms with Gasteiger partial charge in [-0.25, -0.2) is 4.68 Å². The molecule has 3 N–H and O–H groups in total. The molecule has 2 atom stereocenters. The van der Waals surface area contributed by atoms with Crippen molar-refractivity contribution in [1.82, 2.24) is 14.8 Å². The smallest absolute Gasteiger partial charge is 0.241 e. The number of ether oxygens (including phenoxy) is 2. The molecule has 0 aliphatic carbocycles. The molecule has 0 bridgehead atoms. The van der Waals surface area contributed by atoms with Crippen LogP contribution in [0.25, 0.3) is 0 Å². The fourth-order valence-electron chi connectivity index (χ4n) is 3.52. The zero-order valence-electron chi connectivity index (χ0n) is 15.3. The molecule has 1 aromatic heterocycles. The quantitative estimate of drug-likeness (QED) is 0.654. The number of nitrogens with two attached hydrogens (primary N) is 1. The highest BCUT2D eigenvalue weighted by Gasteiger charge is 2.32. The maximum Gasteiger partial charge on any atom is 0.241 e. The fraction of sp³-hybridized carbons (Fsp3) is 0.263. The number of halogens is 2. The van der Waals surface area contributed by atoms with Gasteiger partial charge in [0.25, 0.3) is 0 Å². The molecular weight excluding hydrogens is 401 g/mol. The molecule has 0 fully saturated rings. The number of fused-ring (bicyclic) bond motifs is 1. The molecular formula is C19H19Cl2N5O2. The molecule has 1 aliphatic heterocycles. The van der Waals surface area contributed by atoms with Crippen LogP contribution in [0.2, 0.25) is 10.0 Å². The van der Waals surface area contributed by atoms with E-state index in [2.05, 4.69) is 15.4 Å². The van der Waals surface area contributed by atoms with Crippen molar-refractivity contribution in [2.24, 2.45) is 0 Å². The molecule has 0 amide bonds. The second kappa shape index (κ2) is 7.41. The van der Waals surface area contributed by atoms with E-state index in [4.69, 9.17) is 38.4 Å². The van der Waals surface area contributed by atoms with Gasteiger partial charge in [0.15, 0.2) is 11.5 Å². The molecule has 1 aliphatic rings. The minimum Gasteiger partial charge on any atom is -0.493 e. The zero-order chi connectivity index (χ0) is 19.8. The number of methoxy groups -OCH3 is 2. The highest BCUT2D eigenvalue weighted by atomic mass is 35.5. The minimum absolute atomic E-state index is 0.0843. The number of hydrogen-bond donors (Lipinski definition) is 2. The third kappa shape index (κ3) is 3.31. The molecule has 9 heteroatoms. The minimum atomic E-state index is -0.113. The van der Waals surface area contributed by atoms with Crippen LogP contribution in [0, 0.1) is 0 Å². The summed E-state index contributed by atoms with van der Waals surface area (Å²) in [4.78, 5) is 4.32. The molecule has 3 aromatic rings. The summed E-state index contributed by atoms with van der Waals surface area (Å²) in [5.41, 5.74) is 7.80. The van der Waals surface area contributed by atoms with E-state index in [1.165, 1.54) is 0 Å². The van der Waals surface area contributed by atoms with Crippen LogP contribution < -0.4 is 20.5 Å². The van der Waals surface area contributed by atoms with Gasteiger partial charge in [0, 0.05) is 10.0 Å². The Balaban J connectivity index is 1.77. The monoisotopic (exact) mass is 419 g/mol. The third-order valence-electron chi connectivity index (χ3n) is 4.84. The molecule has 0 saturated heterocycles. The van der Waals surface area contributed by atoms with Crippen LogP contribution in [0.3, 0.4) is 0 Å². The topological polar surface area (TPSA) is 87.2 Å². The maximum atomic E-state index is 6.45. The van der Waals surface area contributed by atoms with Gasteiger partial charge in [-0.3, -0.25) is 0 Å². The normalized spacial score (nSPS) is 18.3. The summed E-state index contributed by atoms with van der Waals surface area (Å²) in [6, 6.07) is 11.1. The van der Waals surface area contributed by atoms with Gasteiger partial charge in [0.1, 0.15) is 0 Å². The first-order valence-corrected chi connectivity index (χ1v) is 9.41. The second-order valence-corrected chi connectivity index (χ2v) is 7.31. The van der Waals surface area contributed by atoms with Crippen molar-refractivity contribution in [3.05, 3.63) is 57.6 Å². The predicted octanol–water partition coefficient (Wildman–Crippen LogP) is 4.33. The third-order valence-corrected chi connectivity index (χ3v) is 5.40. The zero-order valence-corrected chi connectivity index (χ0v) is 16.8. The summed E-state index contributed by atoms with van der Waals surface area (Å²) in [6.45, 7) is 0. The van der Waals surface area contributed by atoms with Crippen molar-refractivity contribution in [3.63, 3.8) is 0 Å². The molecule has 4 rings (SSSR count). The van der Waals surface area contributed by atoms with E-state index < -0.39 is 0 Å². The average molecular weight is 420 g/mol. The first-order chi connectivity index (χ1) is 13.5. The van der Waals surface area contributed by atoms with Crippen LogP contribution in [0.1, 0.15) is 29.6 Å². The van der Waals surface area contributed by atoms with Crippen LogP contribution in [-0.4, -0.2) is 29.0 Å². The maximum absolute atomic E-state index is 6.45. The summed E-state index contributed by atoms with van der Waals surface area (Å²) in [5, 5.41) is 8.92. The standard InChI is InChI=1S/C19H19Cl2N5O2/c1-27-16-6-3-10(7-17(16)28-2)15-9-14(12-5-4-11(20)8-13(12)21)23-19-24-18(22)25-26(15)19/h3-8,14-15H,9H2,1-2H3,(H3,22,23,24,25)/t14-,15-/m1/s1. The SMILES string of the molecule is COc1ccc([C@H]2C[C@H](c3ccc(Cl)cc3Cl)Nc3nc(N)nn32)cc1OC. The molecule has 0 radical (unpaired) electrons. The van der Waals surface area contributed by atoms with Crippen LogP contribution in [0.5, 0.6) is 11.5 Å². The number of benzene rings is 2. The van der Waals surface area contributed by atoms with Crippen molar-refractivity contribution in [2.75, 3.05) is 25.3 Å². The van der Waals surface area contributed by atoms with Crippen molar-refractivity contribution in [2.45, 2.75) is 18.5 Å². The summed E-state index contributed by atoms with van der Waals surface area (Å²) >= 11 is 12.5. The molecule has 146 valence electrons. The Morgan fingerprint density at radius 3 is 2.61 bits per heavy atom. The number of rotatable bonds is 4. The van der Waals surface area contributed by atoms with Crippen LogP contribution in [0.4, 0.5) is 11.9 Å². The number of nitrogens with one attached hydrogen (secondary N) is 1. The molecule has 0 unspecified atom stereocenters. The van der Waals surface area contributed by atoms with Crippen LogP contribution in [-0.2, 0) is 0 Å². The number of anilines is 2. The van der Waals surface area contributed by atoms with E-state index in [1.807, 2.05) is 30.3 Å². The van der Waals surface area contributed by atoms with Crippen molar-refractivity contribution < 1.29 is 9.47 Å². The summed E-state index contributed by atoms with van der Waals surface area (Å²) in [5.74, 6) is 2.10. The first-order valence-electron chi connectivity index (χ1n) is 8.65. The lowest BCUT2D eigenvalue weighted by Crippen LogP contribution is -2.28. The Labute approximate surface area is 172 Å². The summed E-state index contributed by atoms with van der Waals surface area (Å²) in [6.07, 6.45) is 0.687. The van der Waals surface area contributed by atoms with E-state index in [0.717, 1.165) is 11.1 Å². The van der Waals surface area contributed by atoms with Crippen LogP contribution >= 0.6 is 23.2 Å². The Bertz CT molecular complexity index is 1020. The highest BCUT2D eigenvalue weighted by Crippen LogP contribution is 2.42. The van der Waals surface area contributed by atoms with Crippen molar-refractivity contribution in [3.8, 4) is 11.5 Å². The number of nitrogen functional groups attached to an aromatic ring is 1. The fourth-order valence-corrected chi connectivity index (χ4v) is 4.06. The van der Waals surface area contributed by atoms with Gasteiger partial charge < -0.3 is 20.5 Å². The number of nitrogens with zero attached hydrogens (tertiary/aromatic N) is 3. The van der Waals surface area contributed by atoms with E-state index in [0.29, 0.717) is 33.9 Å². The molecule has 28 heavy (non-hydrogen) atoms. The molecule has 2 aromatic carbocycles. The first kappa shape index (κ1) is 18.7. The lowest BCUT2D eigenvalue weighted by atomic mass is 9.93. The van der Waals surface area contributed by atoms with E-state index >= 15 is 0 Å². The second-order valence-electron chi connectivity index (χ2n) is 6.47. The molecule has 7 nitrogen and oxygen atoms in total. The van der Waals surface area contributed by atoms with E-state index in [9.17, 15) is 0 Å². The lowest BCUT2D eigenvalue weighted by Gasteiger charge is -2.32. The lowest BCUT2D eigenvalue weighted by molar-refractivity contribution is 0.352. The largest absolute Gasteiger partial charge is 0.493 e. The molecule has 0 spiro atoms. The average Bonchev–Trinajstić information content (AvgIpc) is 3.06. The van der Waals surface area contributed by atoms with E-state index in [1.54, 1.807) is 25.0 Å². The highest BCUT2D eigenvalue weighted by molar-refractivity contribution is 6.35. The van der Waals surface area contributed by atoms with Gasteiger partial charge in [-0.2, -0.15) is 4.98 Å². The van der Waals surface area contributed by atoms with Crippen LogP contribution in [0.15, 0.2) is 36.4 Å².